The van der Waals surface area contributed by atoms with Crippen LogP contribution in [0, 0.1) is 6.92 Å². The molecule has 1 aromatic carbocycles. The fourth-order valence-corrected chi connectivity index (χ4v) is 6.39. The smallest absolute Gasteiger partial charge is 0.253 e. The minimum atomic E-state index is -0.113. The van der Waals surface area contributed by atoms with E-state index >= 15 is 0 Å². The fraction of sp³-hybridized carbons (Fsp3) is 0.548. The lowest BCUT2D eigenvalue weighted by atomic mass is 9.88. The lowest BCUT2D eigenvalue weighted by molar-refractivity contribution is 0.0950. The van der Waals surface area contributed by atoms with E-state index in [9.17, 15) is 9.59 Å². The molecule has 37 heavy (non-hydrogen) atoms. The third kappa shape index (κ3) is 6.18. The average molecular weight is 505 g/mol. The Morgan fingerprint density at radius 2 is 1.65 bits per heavy atom. The van der Waals surface area contributed by atoms with E-state index in [1.807, 2.05) is 25.1 Å². The van der Waals surface area contributed by atoms with Gasteiger partial charge in [-0.2, -0.15) is 0 Å². The summed E-state index contributed by atoms with van der Waals surface area (Å²) in [6.45, 7) is 12.1. The molecule has 1 aliphatic carbocycles. The molecule has 0 unspecified atom stereocenters. The lowest BCUT2D eigenvalue weighted by Gasteiger charge is -2.41. The molecule has 0 spiro atoms. The zero-order chi connectivity index (χ0) is 26.4. The number of carbonyl (C=O) groups excluding carboxylic acids is 1. The van der Waals surface area contributed by atoms with Gasteiger partial charge in [-0.05, 0) is 101 Å². The van der Waals surface area contributed by atoms with E-state index in [0.717, 1.165) is 55.7 Å². The van der Waals surface area contributed by atoms with Gasteiger partial charge in [0.15, 0.2) is 0 Å². The summed E-state index contributed by atoms with van der Waals surface area (Å²) < 4.78 is 0. The first-order chi connectivity index (χ1) is 18.0. The van der Waals surface area contributed by atoms with Gasteiger partial charge in [0.1, 0.15) is 0 Å². The van der Waals surface area contributed by atoms with Gasteiger partial charge in [-0.1, -0.05) is 32.1 Å². The topological polar surface area (TPSA) is 68.4 Å². The molecule has 1 aliphatic heterocycles. The van der Waals surface area contributed by atoms with Gasteiger partial charge in [0, 0.05) is 47.7 Å². The van der Waals surface area contributed by atoms with E-state index in [1.165, 1.54) is 31.4 Å². The third-order valence-electron chi connectivity index (χ3n) is 8.34. The van der Waals surface area contributed by atoms with E-state index < -0.39 is 0 Å². The quantitative estimate of drug-likeness (QED) is 0.535. The first-order valence-electron chi connectivity index (χ1n) is 14.2. The van der Waals surface area contributed by atoms with E-state index in [-0.39, 0.29) is 18.0 Å². The largest absolute Gasteiger partial charge is 0.369 e. The van der Waals surface area contributed by atoms with E-state index in [4.69, 9.17) is 0 Å². The minimum Gasteiger partial charge on any atom is -0.369 e. The first kappa shape index (κ1) is 27.2. The number of aromatic nitrogens is 1. The normalized spacial score (nSPS) is 21.3. The van der Waals surface area contributed by atoms with Crippen LogP contribution in [0.5, 0.6) is 0 Å². The van der Waals surface area contributed by atoms with Crippen molar-refractivity contribution in [3.05, 3.63) is 74.7 Å². The van der Waals surface area contributed by atoms with Gasteiger partial charge in [0.25, 0.3) is 11.5 Å². The maximum absolute atomic E-state index is 13.5. The molecule has 2 aliphatic rings. The number of nitrogens with one attached hydrogen (secondary N) is 2. The number of fused-ring (bicyclic) bond motifs is 2. The van der Waals surface area contributed by atoms with Crippen molar-refractivity contribution >= 4 is 11.6 Å². The predicted octanol–water partition coefficient (Wildman–Crippen LogP) is 5.14. The highest BCUT2D eigenvalue weighted by Crippen LogP contribution is 2.33. The molecule has 2 N–H and O–H groups in total. The highest BCUT2D eigenvalue weighted by Gasteiger charge is 2.29. The van der Waals surface area contributed by atoms with Crippen molar-refractivity contribution in [2.75, 3.05) is 24.5 Å². The molecule has 6 nitrogen and oxygen atoms in total. The van der Waals surface area contributed by atoms with Crippen LogP contribution in [0.1, 0.15) is 85.6 Å². The third-order valence-corrected chi connectivity index (χ3v) is 8.34. The first-order valence-corrected chi connectivity index (χ1v) is 14.2. The second-order valence-electron chi connectivity index (χ2n) is 10.5. The standard InChI is InChI=1S/C31H44N4O2/c1-5-34(6-2)24-16-18-25(19-17-24)35(7-3)29-15-11-14-27-26(29)13-10-8-9-12-23-20-22(4)33-31(37)28(23)21-32-30(27)36/h8,10-11,14-15,20,24-25H,5-7,9,12-13,16-19,21H2,1-4H3,(H,32,36)(H,33,37)/b10-8-. The molecule has 1 aromatic heterocycles. The zero-order valence-corrected chi connectivity index (χ0v) is 23.1. The Morgan fingerprint density at radius 1 is 0.919 bits per heavy atom. The maximum atomic E-state index is 13.5. The average Bonchev–Trinajstić information content (AvgIpc) is 2.89. The summed E-state index contributed by atoms with van der Waals surface area (Å²) in [4.78, 5) is 34.2. The van der Waals surface area contributed by atoms with Crippen LogP contribution in [0.15, 0.2) is 41.2 Å². The van der Waals surface area contributed by atoms with Crippen LogP contribution < -0.4 is 15.8 Å². The van der Waals surface area contributed by atoms with Crippen molar-refractivity contribution in [3.63, 3.8) is 0 Å². The number of hydrogen-bond donors (Lipinski definition) is 2. The number of H-pyrrole nitrogens is 1. The molecule has 1 amide bonds. The van der Waals surface area contributed by atoms with E-state index in [1.54, 1.807) is 0 Å². The second-order valence-corrected chi connectivity index (χ2v) is 10.5. The van der Waals surface area contributed by atoms with E-state index in [0.29, 0.717) is 23.2 Å². The molecule has 0 radical (unpaired) electrons. The highest BCUT2D eigenvalue weighted by atomic mass is 16.1. The lowest BCUT2D eigenvalue weighted by Crippen LogP contribution is -2.44. The molecule has 0 saturated heterocycles. The zero-order valence-electron chi connectivity index (χ0n) is 23.1. The number of benzene rings is 1. The number of aromatic amines is 1. The minimum absolute atomic E-state index is 0.109. The van der Waals surface area contributed by atoms with Crippen LogP contribution in [0.25, 0.3) is 0 Å². The maximum Gasteiger partial charge on any atom is 0.253 e. The second kappa shape index (κ2) is 12.6. The van der Waals surface area contributed by atoms with Gasteiger partial charge < -0.3 is 20.1 Å². The highest BCUT2D eigenvalue weighted by molar-refractivity contribution is 5.97. The monoisotopic (exact) mass is 504 g/mol. The Kier molecular flexibility index (Phi) is 9.25. The summed E-state index contributed by atoms with van der Waals surface area (Å²) in [5.74, 6) is -0.113. The SMILES string of the molecule is CCN(CC)C1CCC(N(CC)c2cccc3c2C/C=C\CCc2cc(C)[nH]c(=O)c2CNC3=O)CC1. The van der Waals surface area contributed by atoms with Crippen molar-refractivity contribution in [1.29, 1.82) is 0 Å². The molecule has 0 bridgehead atoms. The molecule has 1 fully saturated rings. The number of pyridine rings is 1. The molecule has 0 atom stereocenters. The fourth-order valence-electron chi connectivity index (χ4n) is 6.39. The Hall–Kier alpha value is -2.86. The summed E-state index contributed by atoms with van der Waals surface area (Å²) in [5.41, 5.74) is 5.39. The summed E-state index contributed by atoms with van der Waals surface area (Å²) in [6, 6.07) is 9.34. The van der Waals surface area contributed by atoms with Crippen molar-refractivity contribution < 1.29 is 4.79 Å². The number of carbonyl (C=O) groups is 1. The summed E-state index contributed by atoms with van der Waals surface area (Å²) >= 11 is 0. The van der Waals surface area contributed by atoms with Crippen LogP contribution in [0.2, 0.25) is 0 Å². The Morgan fingerprint density at radius 3 is 2.35 bits per heavy atom. The molecular weight excluding hydrogens is 460 g/mol. The van der Waals surface area contributed by atoms with Gasteiger partial charge in [-0.25, -0.2) is 0 Å². The number of amides is 1. The number of aryl methyl sites for hydroxylation is 2. The molecule has 6 heteroatoms. The number of anilines is 1. The van der Waals surface area contributed by atoms with Gasteiger partial charge in [-0.3, -0.25) is 9.59 Å². The number of allylic oxidation sites excluding steroid dienone is 2. The molecule has 2 aromatic rings. The molecule has 1 saturated carbocycles. The van der Waals surface area contributed by atoms with Crippen LogP contribution in [-0.4, -0.2) is 47.5 Å². The van der Waals surface area contributed by atoms with Gasteiger partial charge in [0.2, 0.25) is 0 Å². The molecular formula is C31H44N4O2. The van der Waals surface area contributed by atoms with Gasteiger partial charge in [0.05, 0.1) is 0 Å². The van der Waals surface area contributed by atoms with Gasteiger partial charge in [-0.15, -0.1) is 0 Å². The predicted molar refractivity (Wildman–Crippen MR) is 153 cm³/mol. The van der Waals surface area contributed by atoms with Crippen molar-refractivity contribution in [2.45, 2.75) is 91.3 Å². The number of hydrogen-bond acceptors (Lipinski definition) is 4. The van der Waals surface area contributed by atoms with Crippen LogP contribution >= 0.6 is 0 Å². The van der Waals surface area contributed by atoms with Crippen molar-refractivity contribution in [1.82, 2.24) is 15.2 Å². The van der Waals surface area contributed by atoms with E-state index in [2.05, 4.69) is 59.1 Å². The van der Waals surface area contributed by atoms with Crippen molar-refractivity contribution in [2.24, 2.45) is 0 Å². The van der Waals surface area contributed by atoms with Gasteiger partial charge >= 0.3 is 0 Å². The Balaban J connectivity index is 1.61. The molecule has 4 rings (SSSR count). The summed E-state index contributed by atoms with van der Waals surface area (Å²) in [7, 11) is 0. The molecule has 200 valence electrons. The van der Waals surface area contributed by atoms with Crippen LogP contribution in [-0.2, 0) is 19.4 Å². The number of nitrogens with zero attached hydrogens (tertiary/aromatic N) is 2. The van der Waals surface area contributed by atoms with Crippen LogP contribution in [0.4, 0.5) is 5.69 Å². The summed E-state index contributed by atoms with van der Waals surface area (Å²) in [6.07, 6.45) is 11.6. The Bertz CT molecular complexity index is 1160. The summed E-state index contributed by atoms with van der Waals surface area (Å²) in [5, 5.41) is 3.06. The molecule has 2 heterocycles. The van der Waals surface area contributed by atoms with Crippen molar-refractivity contribution in [3.8, 4) is 0 Å². The van der Waals surface area contributed by atoms with Crippen LogP contribution in [0.3, 0.4) is 0 Å². The number of rotatable bonds is 6. The Labute approximate surface area is 222 Å².